The number of hydrogen-bond donors (Lipinski definition) is 2. The van der Waals surface area contributed by atoms with E-state index in [2.05, 4.69) is 5.32 Å². The van der Waals surface area contributed by atoms with Crippen LogP contribution in [-0.2, 0) is 9.59 Å². The first kappa shape index (κ1) is 11.4. The molecule has 1 atom stereocenters. The van der Waals surface area contributed by atoms with Gasteiger partial charge < -0.3 is 10.4 Å². The van der Waals surface area contributed by atoms with Crippen molar-refractivity contribution >= 4 is 23.6 Å². The maximum Gasteiger partial charge on any atom is 0.305 e. The number of thioether (sulfide) groups is 1. The lowest BCUT2D eigenvalue weighted by Crippen LogP contribution is -2.34. The van der Waals surface area contributed by atoms with Gasteiger partial charge in [0.1, 0.15) is 0 Å². The lowest BCUT2D eigenvalue weighted by Gasteiger charge is -2.20. The van der Waals surface area contributed by atoms with Crippen LogP contribution in [0.2, 0.25) is 0 Å². The molecule has 0 bridgehead atoms. The van der Waals surface area contributed by atoms with Crippen molar-refractivity contribution in [1.82, 2.24) is 5.32 Å². The molecule has 1 heterocycles. The fourth-order valence-corrected chi connectivity index (χ4v) is 2.52. The predicted octanol–water partition coefficient (Wildman–Crippen LogP) is 0.721. The Hall–Kier alpha value is -0.710. The summed E-state index contributed by atoms with van der Waals surface area (Å²) in [6, 6.07) is 0. The first-order valence-electron chi connectivity index (χ1n) is 4.77. The van der Waals surface area contributed by atoms with Gasteiger partial charge in [0.25, 0.3) is 0 Å². The normalized spacial score (nSPS) is 21.6. The second kappa shape index (κ2) is 5.90. The van der Waals surface area contributed by atoms with E-state index in [0.717, 1.165) is 24.3 Å². The summed E-state index contributed by atoms with van der Waals surface area (Å²) in [7, 11) is 0. The molecule has 0 spiro atoms. The van der Waals surface area contributed by atoms with Gasteiger partial charge in [-0.25, -0.2) is 0 Å². The van der Waals surface area contributed by atoms with E-state index in [1.54, 1.807) is 11.8 Å². The number of nitrogens with one attached hydrogen (secondary N) is 1. The van der Waals surface area contributed by atoms with Crippen LogP contribution in [0.1, 0.15) is 19.3 Å². The standard InChI is InChI=1S/C9H15NO3S/c11-8(12)3-4-10-9(13)7-2-1-5-14-6-7/h7H,1-6H2,(H,10,13)(H,11,12). The third-order valence-corrected chi connectivity index (χ3v) is 3.38. The molecule has 5 heteroatoms. The van der Waals surface area contributed by atoms with Gasteiger partial charge in [0.15, 0.2) is 0 Å². The van der Waals surface area contributed by atoms with Crippen LogP contribution >= 0.6 is 11.8 Å². The Morgan fingerprint density at radius 2 is 2.29 bits per heavy atom. The smallest absolute Gasteiger partial charge is 0.305 e. The van der Waals surface area contributed by atoms with Crippen molar-refractivity contribution in [2.75, 3.05) is 18.1 Å². The number of aliphatic carboxylic acids is 1. The largest absolute Gasteiger partial charge is 0.481 e. The Bertz CT molecular complexity index is 214. The van der Waals surface area contributed by atoms with E-state index >= 15 is 0 Å². The van der Waals surface area contributed by atoms with Crippen molar-refractivity contribution < 1.29 is 14.7 Å². The van der Waals surface area contributed by atoms with Crippen molar-refractivity contribution in [3.8, 4) is 0 Å². The highest BCUT2D eigenvalue weighted by Gasteiger charge is 2.20. The van der Waals surface area contributed by atoms with Gasteiger partial charge in [0.05, 0.1) is 6.42 Å². The lowest BCUT2D eigenvalue weighted by molar-refractivity contribution is -0.137. The lowest BCUT2D eigenvalue weighted by atomic mass is 10.0. The average molecular weight is 217 g/mol. The van der Waals surface area contributed by atoms with Crippen LogP contribution in [0.4, 0.5) is 0 Å². The van der Waals surface area contributed by atoms with Crippen LogP contribution in [0, 0.1) is 5.92 Å². The van der Waals surface area contributed by atoms with Gasteiger partial charge in [0, 0.05) is 18.2 Å². The predicted molar refractivity (Wildman–Crippen MR) is 55.3 cm³/mol. The van der Waals surface area contributed by atoms with Crippen molar-refractivity contribution in [3.63, 3.8) is 0 Å². The number of rotatable bonds is 4. The molecule has 80 valence electrons. The number of carbonyl (C=O) groups is 2. The molecule has 0 aromatic heterocycles. The summed E-state index contributed by atoms with van der Waals surface area (Å²) in [4.78, 5) is 21.7. The molecule has 0 radical (unpaired) electrons. The van der Waals surface area contributed by atoms with Crippen molar-refractivity contribution in [2.45, 2.75) is 19.3 Å². The Morgan fingerprint density at radius 1 is 1.50 bits per heavy atom. The molecule has 0 aliphatic carbocycles. The average Bonchev–Trinajstić information content (AvgIpc) is 2.18. The van der Waals surface area contributed by atoms with Gasteiger partial charge in [-0.3, -0.25) is 9.59 Å². The highest BCUT2D eigenvalue weighted by atomic mass is 32.2. The minimum atomic E-state index is -0.872. The summed E-state index contributed by atoms with van der Waals surface area (Å²) in [5.41, 5.74) is 0. The Kier molecular flexibility index (Phi) is 4.79. The second-order valence-electron chi connectivity index (χ2n) is 3.35. The number of hydrogen-bond acceptors (Lipinski definition) is 3. The minimum Gasteiger partial charge on any atom is -0.481 e. The van der Waals surface area contributed by atoms with E-state index in [1.807, 2.05) is 0 Å². The van der Waals surface area contributed by atoms with E-state index in [0.29, 0.717) is 0 Å². The number of carbonyl (C=O) groups excluding carboxylic acids is 1. The van der Waals surface area contributed by atoms with Crippen LogP contribution in [0.15, 0.2) is 0 Å². The van der Waals surface area contributed by atoms with Gasteiger partial charge in [-0.05, 0) is 18.6 Å². The molecule has 1 fully saturated rings. The third kappa shape index (κ3) is 4.00. The molecule has 1 unspecified atom stereocenters. The Balaban J connectivity index is 2.16. The van der Waals surface area contributed by atoms with E-state index < -0.39 is 5.97 Å². The molecule has 2 N–H and O–H groups in total. The second-order valence-corrected chi connectivity index (χ2v) is 4.50. The van der Waals surface area contributed by atoms with Crippen molar-refractivity contribution in [3.05, 3.63) is 0 Å². The van der Waals surface area contributed by atoms with Gasteiger partial charge in [0.2, 0.25) is 5.91 Å². The topological polar surface area (TPSA) is 66.4 Å². The number of carboxylic acid groups (broad SMARTS) is 1. The zero-order valence-electron chi connectivity index (χ0n) is 7.99. The van der Waals surface area contributed by atoms with Crippen LogP contribution in [0.25, 0.3) is 0 Å². The molecule has 1 aliphatic rings. The third-order valence-electron chi connectivity index (χ3n) is 2.17. The van der Waals surface area contributed by atoms with E-state index in [4.69, 9.17) is 5.11 Å². The van der Waals surface area contributed by atoms with Crippen LogP contribution in [-0.4, -0.2) is 35.0 Å². The summed E-state index contributed by atoms with van der Waals surface area (Å²) in [5.74, 6) is 1.24. The van der Waals surface area contributed by atoms with E-state index in [1.165, 1.54) is 0 Å². The number of amides is 1. The fraction of sp³-hybridized carbons (Fsp3) is 0.778. The molecule has 4 nitrogen and oxygen atoms in total. The zero-order chi connectivity index (χ0) is 10.4. The van der Waals surface area contributed by atoms with Gasteiger partial charge in [-0.15, -0.1) is 0 Å². The first-order valence-corrected chi connectivity index (χ1v) is 5.93. The monoisotopic (exact) mass is 217 g/mol. The molecular formula is C9H15NO3S. The van der Waals surface area contributed by atoms with Crippen LogP contribution < -0.4 is 5.32 Å². The van der Waals surface area contributed by atoms with Crippen molar-refractivity contribution in [2.24, 2.45) is 5.92 Å². The van der Waals surface area contributed by atoms with Crippen molar-refractivity contribution in [1.29, 1.82) is 0 Å². The Morgan fingerprint density at radius 3 is 2.86 bits per heavy atom. The maximum atomic E-state index is 11.5. The molecule has 0 saturated carbocycles. The molecule has 1 aliphatic heterocycles. The molecule has 14 heavy (non-hydrogen) atoms. The summed E-state index contributed by atoms with van der Waals surface area (Å²) in [5, 5.41) is 11.0. The van der Waals surface area contributed by atoms with Gasteiger partial charge in [-0.2, -0.15) is 11.8 Å². The Labute approximate surface area is 87.4 Å². The number of carboxylic acids is 1. The van der Waals surface area contributed by atoms with Gasteiger partial charge in [-0.1, -0.05) is 0 Å². The maximum absolute atomic E-state index is 11.5. The van der Waals surface area contributed by atoms with E-state index in [9.17, 15) is 9.59 Å². The SMILES string of the molecule is O=C(O)CCNC(=O)C1CCCSC1. The molecule has 1 amide bonds. The minimum absolute atomic E-state index is 0.00556. The summed E-state index contributed by atoms with van der Waals surface area (Å²) in [6.07, 6.45) is 2.03. The highest BCUT2D eigenvalue weighted by Crippen LogP contribution is 2.22. The fourth-order valence-electron chi connectivity index (χ4n) is 1.38. The summed E-state index contributed by atoms with van der Waals surface area (Å²) < 4.78 is 0. The van der Waals surface area contributed by atoms with E-state index in [-0.39, 0.29) is 24.8 Å². The first-order chi connectivity index (χ1) is 6.70. The zero-order valence-corrected chi connectivity index (χ0v) is 8.81. The van der Waals surface area contributed by atoms with Gasteiger partial charge >= 0.3 is 5.97 Å². The van der Waals surface area contributed by atoms with Crippen LogP contribution in [0.3, 0.4) is 0 Å². The molecule has 1 rings (SSSR count). The van der Waals surface area contributed by atoms with Crippen LogP contribution in [0.5, 0.6) is 0 Å². The summed E-state index contributed by atoms with van der Waals surface area (Å²) in [6.45, 7) is 0.245. The molecular weight excluding hydrogens is 202 g/mol. The highest BCUT2D eigenvalue weighted by molar-refractivity contribution is 7.99. The molecule has 1 saturated heterocycles. The summed E-state index contributed by atoms with van der Waals surface area (Å²) >= 11 is 1.79. The molecule has 0 aromatic rings. The molecule has 0 aromatic carbocycles. The quantitative estimate of drug-likeness (QED) is 0.728.